The third kappa shape index (κ3) is 3.29. The molecular weight excluding hydrogens is 320 g/mol. The predicted octanol–water partition coefficient (Wildman–Crippen LogP) is 4.05. The molecule has 20 heavy (non-hydrogen) atoms. The van der Waals surface area contributed by atoms with Crippen molar-refractivity contribution in [2.24, 2.45) is 0 Å². The number of benzene rings is 1. The van der Waals surface area contributed by atoms with Crippen molar-refractivity contribution in [2.75, 3.05) is 13.7 Å². The van der Waals surface area contributed by atoms with E-state index in [1.807, 2.05) is 26.0 Å². The monoisotopic (exact) mass is 342 g/mol. The molecule has 0 bridgehead atoms. The molecule has 0 unspecified atom stereocenters. The lowest BCUT2D eigenvalue weighted by atomic mass is 9.84. The van der Waals surface area contributed by atoms with E-state index in [1.54, 1.807) is 7.11 Å². The lowest BCUT2D eigenvalue weighted by Crippen LogP contribution is -2.25. The number of hydrogen-bond acceptors (Lipinski definition) is 3. The minimum absolute atomic E-state index is 0.0631. The van der Waals surface area contributed by atoms with Crippen molar-refractivity contribution in [2.45, 2.75) is 51.0 Å². The fraction of sp³-hybridized carbons (Fsp3) is 0.625. The Kier molecular flexibility index (Phi) is 4.97. The third-order valence-electron chi connectivity index (χ3n) is 3.95. The van der Waals surface area contributed by atoms with Gasteiger partial charge >= 0.3 is 0 Å². The zero-order valence-electron chi connectivity index (χ0n) is 12.4. The summed E-state index contributed by atoms with van der Waals surface area (Å²) in [5, 5.41) is 9.68. The van der Waals surface area contributed by atoms with E-state index in [9.17, 15) is 5.11 Å². The summed E-state index contributed by atoms with van der Waals surface area (Å²) in [5.74, 6) is 1.50. The average molecular weight is 343 g/mol. The Morgan fingerprint density at radius 3 is 2.50 bits per heavy atom. The maximum absolute atomic E-state index is 9.68. The Bertz CT molecular complexity index is 465. The van der Waals surface area contributed by atoms with Crippen LogP contribution in [0.5, 0.6) is 11.5 Å². The van der Waals surface area contributed by atoms with Gasteiger partial charge in [0.25, 0.3) is 0 Å². The van der Waals surface area contributed by atoms with Crippen LogP contribution in [0, 0.1) is 0 Å². The van der Waals surface area contributed by atoms with E-state index in [-0.39, 0.29) is 18.1 Å². The van der Waals surface area contributed by atoms with Crippen LogP contribution < -0.4 is 9.47 Å². The SMILES string of the molecule is COc1cc(Br)cc(C(C)(C)CO)c1OC1CCCC1. The summed E-state index contributed by atoms with van der Waals surface area (Å²) in [6.07, 6.45) is 4.90. The Hall–Kier alpha value is -0.740. The van der Waals surface area contributed by atoms with Crippen molar-refractivity contribution in [3.05, 3.63) is 22.2 Å². The second kappa shape index (κ2) is 6.35. The number of aliphatic hydroxyl groups excluding tert-OH is 1. The maximum Gasteiger partial charge on any atom is 0.165 e. The highest BCUT2D eigenvalue weighted by Crippen LogP contribution is 2.42. The largest absolute Gasteiger partial charge is 0.493 e. The highest BCUT2D eigenvalue weighted by atomic mass is 79.9. The first-order valence-electron chi connectivity index (χ1n) is 7.13. The summed E-state index contributed by atoms with van der Waals surface area (Å²) in [6.45, 7) is 4.08. The van der Waals surface area contributed by atoms with Crippen molar-refractivity contribution in [3.8, 4) is 11.5 Å². The van der Waals surface area contributed by atoms with Gasteiger partial charge in [-0.25, -0.2) is 0 Å². The summed E-state index contributed by atoms with van der Waals surface area (Å²) in [7, 11) is 1.65. The first kappa shape index (κ1) is 15.6. The molecule has 2 rings (SSSR count). The average Bonchev–Trinajstić information content (AvgIpc) is 2.93. The van der Waals surface area contributed by atoms with Crippen molar-refractivity contribution in [3.63, 3.8) is 0 Å². The molecule has 0 amide bonds. The van der Waals surface area contributed by atoms with E-state index in [4.69, 9.17) is 9.47 Å². The van der Waals surface area contributed by atoms with Gasteiger partial charge in [0.05, 0.1) is 19.8 Å². The molecule has 0 spiro atoms. The molecule has 0 aromatic heterocycles. The van der Waals surface area contributed by atoms with Gasteiger partial charge in [-0.15, -0.1) is 0 Å². The van der Waals surface area contributed by atoms with Gasteiger partial charge in [0.2, 0.25) is 0 Å². The van der Waals surface area contributed by atoms with Crippen LogP contribution in [0.1, 0.15) is 45.1 Å². The Balaban J connectivity index is 2.44. The number of aliphatic hydroxyl groups is 1. The van der Waals surface area contributed by atoms with Crippen molar-refractivity contribution in [1.82, 2.24) is 0 Å². The molecule has 112 valence electrons. The van der Waals surface area contributed by atoms with Crippen molar-refractivity contribution >= 4 is 15.9 Å². The summed E-state index contributed by atoms with van der Waals surface area (Å²) in [5.41, 5.74) is 0.614. The zero-order chi connectivity index (χ0) is 14.8. The number of ether oxygens (including phenoxy) is 2. The van der Waals surface area contributed by atoms with Crippen LogP contribution in [0.4, 0.5) is 0 Å². The second-order valence-electron chi connectivity index (χ2n) is 6.05. The number of halogens is 1. The van der Waals surface area contributed by atoms with Gasteiger partial charge in [0.1, 0.15) is 0 Å². The molecule has 0 heterocycles. The molecule has 0 aliphatic heterocycles. The van der Waals surface area contributed by atoms with Gasteiger partial charge in [-0.3, -0.25) is 0 Å². The van der Waals surface area contributed by atoms with E-state index in [1.165, 1.54) is 12.8 Å². The molecule has 1 N–H and O–H groups in total. The molecule has 0 radical (unpaired) electrons. The highest BCUT2D eigenvalue weighted by molar-refractivity contribution is 9.10. The van der Waals surface area contributed by atoms with Gasteiger partial charge in [-0.2, -0.15) is 0 Å². The fourth-order valence-corrected chi connectivity index (χ4v) is 3.04. The van der Waals surface area contributed by atoms with Crippen LogP contribution in [0.25, 0.3) is 0 Å². The first-order valence-corrected chi connectivity index (χ1v) is 7.93. The molecule has 0 saturated heterocycles. The van der Waals surface area contributed by atoms with Crippen molar-refractivity contribution < 1.29 is 14.6 Å². The molecule has 1 aliphatic rings. The lowest BCUT2D eigenvalue weighted by molar-refractivity contribution is 0.182. The third-order valence-corrected chi connectivity index (χ3v) is 4.41. The Morgan fingerprint density at radius 1 is 1.30 bits per heavy atom. The van der Waals surface area contributed by atoms with E-state index in [0.29, 0.717) is 0 Å². The summed E-state index contributed by atoms with van der Waals surface area (Å²) in [6, 6.07) is 3.93. The molecule has 1 aromatic carbocycles. The quantitative estimate of drug-likeness (QED) is 0.877. The number of rotatable bonds is 5. The topological polar surface area (TPSA) is 38.7 Å². The standard InChI is InChI=1S/C16H23BrO3/c1-16(2,10-18)13-8-11(17)9-14(19-3)15(13)20-12-6-4-5-7-12/h8-9,12,18H,4-7,10H2,1-3H3. The van der Waals surface area contributed by atoms with Gasteiger partial charge in [-0.05, 0) is 37.8 Å². The fourth-order valence-electron chi connectivity index (χ4n) is 2.60. The predicted molar refractivity (Wildman–Crippen MR) is 83.7 cm³/mol. The minimum Gasteiger partial charge on any atom is -0.493 e. The lowest BCUT2D eigenvalue weighted by Gasteiger charge is -2.28. The normalized spacial score (nSPS) is 16.4. The van der Waals surface area contributed by atoms with Gasteiger partial charge in [0.15, 0.2) is 11.5 Å². The maximum atomic E-state index is 9.68. The van der Waals surface area contributed by atoms with Crippen molar-refractivity contribution in [1.29, 1.82) is 0 Å². The summed E-state index contributed by atoms with van der Waals surface area (Å²) < 4.78 is 12.6. The first-order chi connectivity index (χ1) is 9.47. The Morgan fingerprint density at radius 2 is 1.95 bits per heavy atom. The molecular formula is C16H23BrO3. The Labute approximate surface area is 129 Å². The highest BCUT2D eigenvalue weighted by Gasteiger charge is 2.29. The van der Waals surface area contributed by atoms with Crippen LogP contribution in [-0.2, 0) is 5.41 Å². The smallest absolute Gasteiger partial charge is 0.165 e. The van der Waals surface area contributed by atoms with Gasteiger partial charge in [0, 0.05) is 15.5 Å². The van der Waals surface area contributed by atoms with E-state index in [0.717, 1.165) is 34.4 Å². The molecule has 3 nitrogen and oxygen atoms in total. The van der Waals surface area contributed by atoms with E-state index >= 15 is 0 Å². The molecule has 0 atom stereocenters. The molecule has 4 heteroatoms. The van der Waals surface area contributed by atoms with Crippen LogP contribution in [-0.4, -0.2) is 24.9 Å². The number of hydrogen-bond donors (Lipinski definition) is 1. The molecule has 1 aromatic rings. The second-order valence-corrected chi connectivity index (χ2v) is 6.97. The van der Waals surface area contributed by atoms with E-state index < -0.39 is 0 Å². The minimum atomic E-state index is -0.370. The summed E-state index contributed by atoms with van der Waals surface area (Å²) >= 11 is 3.51. The van der Waals surface area contributed by atoms with Crippen LogP contribution in [0.2, 0.25) is 0 Å². The summed E-state index contributed by atoms with van der Waals surface area (Å²) in [4.78, 5) is 0. The number of methoxy groups -OCH3 is 1. The molecule has 1 aliphatic carbocycles. The van der Waals surface area contributed by atoms with Crippen LogP contribution in [0.3, 0.4) is 0 Å². The van der Waals surface area contributed by atoms with E-state index in [2.05, 4.69) is 15.9 Å². The van der Waals surface area contributed by atoms with Gasteiger partial charge < -0.3 is 14.6 Å². The molecule has 1 saturated carbocycles. The van der Waals surface area contributed by atoms with Gasteiger partial charge in [-0.1, -0.05) is 29.8 Å². The van der Waals surface area contributed by atoms with Crippen LogP contribution in [0.15, 0.2) is 16.6 Å². The van der Waals surface area contributed by atoms with Crippen LogP contribution >= 0.6 is 15.9 Å². The zero-order valence-corrected chi connectivity index (χ0v) is 14.0. The molecule has 1 fully saturated rings.